The minimum atomic E-state index is -2.76. The van der Waals surface area contributed by atoms with Gasteiger partial charge in [0.15, 0.2) is 0 Å². The van der Waals surface area contributed by atoms with Crippen LogP contribution in [0.5, 0.6) is 0 Å². The number of halogens is 2. The fraction of sp³-hybridized carbons (Fsp3) is 0.364. The minimum absolute atomic E-state index is 0.136. The first-order chi connectivity index (χ1) is 6.87. The van der Waals surface area contributed by atoms with Gasteiger partial charge in [0.1, 0.15) is 0 Å². The van der Waals surface area contributed by atoms with E-state index >= 15 is 0 Å². The zero-order valence-electron chi connectivity index (χ0n) is 8.34. The molecule has 0 saturated heterocycles. The summed E-state index contributed by atoms with van der Waals surface area (Å²) in [4.78, 5) is 10.4. The van der Waals surface area contributed by atoms with E-state index in [-0.39, 0.29) is 12.8 Å². The molecule has 0 heterocycles. The molecule has 0 bridgehead atoms. The first-order valence-corrected chi connectivity index (χ1v) is 4.54. The van der Waals surface area contributed by atoms with Crippen molar-refractivity contribution in [3.63, 3.8) is 0 Å². The van der Waals surface area contributed by atoms with Gasteiger partial charge in [-0.3, -0.25) is 4.79 Å². The van der Waals surface area contributed by atoms with Crippen molar-refractivity contribution in [1.82, 2.24) is 0 Å². The quantitative estimate of drug-likeness (QED) is 0.836. The number of benzene rings is 1. The lowest BCUT2D eigenvalue weighted by atomic mass is 10.0. The van der Waals surface area contributed by atoms with Crippen molar-refractivity contribution in [2.45, 2.75) is 25.7 Å². The summed E-state index contributed by atoms with van der Waals surface area (Å²) in [6, 6.07) is 6.29. The fourth-order valence-electron chi connectivity index (χ4n) is 1.38. The minimum Gasteiger partial charge on any atom is -0.481 e. The van der Waals surface area contributed by atoms with Gasteiger partial charge in [-0.2, -0.15) is 0 Å². The highest BCUT2D eigenvalue weighted by Crippen LogP contribution is 2.19. The lowest BCUT2D eigenvalue weighted by molar-refractivity contribution is -0.136. The third-order valence-electron chi connectivity index (χ3n) is 1.86. The van der Waals surface area contributed by atoms with Gasteiger partial charge in [-0.15, -0.1) is 0 Å². The number of hydrogen-bond donors (Lipinski definition) is 1. The molecule has 1 aromatic carbocycles. The SMILES string of the molecule is CC(F)(F)Cc1cccc(CC(=O)O)c1. The van der Waals surface area contributed by atoms with Crippen LogP contribution in [-0.4, -0.2) is 17.0 Å². The van der Waals surface area contributed by atoms with Gasteiger partial charge in [0.25, 0.3) is 0 Å². The topological polar surface area (TPSA) is 37.3 Å². The molecule has 4 heteroatoms. The maximum Gasteiger partial charge on any atom is 0.307 e. The van der Waals surface area contributed by atoms with E-state index in [0.717, 1.165) is 6.92 Å². The molecular weight excluding hydrogens is 202 g/mol. The molecule has 15 heavy (non-hydrogen) atoms. The van der Waals surface area contributed by atoms with E-state index in [1.165, 1.54) is 6.07 Å². The normalized spacial score (nSPS) is 11.4. The van der Waals surface area contributed by atoms with Crippen LogP contribution in [-0.2, 0) is 17.6 Å². The Balaban J connectivity index is 2.79. The van der Waals surface area contributed by atoms with Crippen LogP contribution in [0.1, 0.15) is 18.1 Å². The largest absolute Gasteiger partial charge is 0.481 e. The number of carboxylic acids is 1. The van der Waals surface area contributed by atoms with E-state index in [2.05, 4.69) is 0 Å². The monoisotopic (exact) mass is 214 g/mol. The van der Waals surface area contributed by atoms with Crippen molar-refractivity contribution in [3.8, 4) is 0 Å². The number of aliphatic carboxylic acids is 1. The molecule has 2 nitrogen and oxygen atoms in total. The number of hydrogen-bond acceptors (Lipinski definition) is 1. The molecule has 0 aliphatic carbocycles. The van der Waals surface area contributed by atoms with Gasteiger partial charge in [0.05, 0.1) is 6.42 Å². The molecule has 0 saturated carbocycles. The molecule has 0 spiro atoms. The molecule has 1 N–H and O–H groups in total. The number of alkyl halides is 2. The second-order valence-corrected chi connectivity index (χ2v) is 3.64. The molecule has 0 aromatic heterocycles. The molecule has 0 aliphatic heterocycles. The Morgan fingerprint density at radius 2 is 2.00 bits per heavy atom. The predicted molar refractivity (Wildman–Crippen MR) is 52.1 cm³/mol. The van der Waals surface area contributed by atoms with Gasteiger partial charge in [0, 0.05) is 6.42 Å². The second-order valence-electron chi connectivity index (χ2n) is 3.64. The van der Waals surface area contributed by atoms with E-state index < -0.39 is 11.9 Å². The smallest absolute Gasteiger partial charge is 0.307 e. The Kier molecular flexibility index (Phi) is 3.39. The highest BCUT2D eigenvalue weighted by atomic mass is 19.3. The lowest BCUT2D eigenvalue weighted by Crippen LogP contribution is -2.13. The van der Waals surface area contributed by atoms with E-state index in [1.54, 1.807) is 18.2 Å². The first kappa shape index (κ1) is 11.6. The molecule has 1 aromatic rings. The Morgan fingerprint density at radius 1 is 1.40 bits per heavy atom. The van der Waals surface area contributed by atoms with Crippen LogP contribution < -0.4 is 0 Å². The van der Waals surface area contributed by atoms with Crippen molar-refractivity contribution in [2.24, 2.45) is 0 Å². The summed E-state index contributed by atoms with van der Waals surface area (Å²) in [5.74, 6) is -3.72. The Labute approximate surface area is 86.5 Å². The van der Waals surface area contributed by atoms with Crippen LogP contribution in [0.25, 0.3) is 0 Å². The molecule has 0 radical (unpaired) electrons. The summed E-state index contributed by atoms with van der Waals surface area (Å²) < 4.78 is 25.4. The average molecular weight is 214 g/mol. The number of carbonyl (C=O) groups is 1. The fourth-order valence-corrected chi connectivity index (χ4v) is 1.38. The Hall–Kier alpha value is -1.45. The average Bonchev–Trinajstić information content (AvgIpc) is 1.99. The van der Waals surface area contributed by atoms with Crippen molar-refractivity contribution in [3.05, 3.63) is 35.4 Å². The van der Waals surface area contributed by atoms with Crippen LogP contribution in [0.15, 0.2) is 24.3 Å². The van der Waals surface area contributed by atoms with Gasteiger partial charge in [-0.05, 0) is 18.1 Å². The van der Waals surface area contributed by atoms with E-state index in [9.17, 15) is 13.6 Å². The summed E-state index contributed by atoms with van der Waals surface area (Å²) in [7, 11) is 0. The highest BCUT2D eigenvalue weighted by Gasteiger charge is 2.21. The van der Waals surface area contributed by atoms with Crippen LogP contribution in [0, 0.1) is 0 Å². The predicted octanol–water partition coefficient (Wildman–Crippen LogP) is 2.51. The molecule has 82 valence electrons. The van der Waals surface area contributed by atoms with E-state index in [0.29, 0.717) is 11.1 Å². The summed E-state index contributed by atoms with van der Waals surface area (Å²) in [5.41, 5.74) is 1.01. The Bertz CT molecular complexity index is 356. The molecule has 0 aliphatic rings. The second kappa shape index (κ2) is 4.38. The standard InChI is InChI=1S/C11H12F2O2/c1-11(12,13)7-9-4-2-3-8(5-9)6-10(14)15/h2-5H,6-7H2,1H3,(H,14,15). The number of carboxylic acid groups (broad SMARTS) is 1. The van der Waals surface area contributed by atoms with Crippen LogP contribution in [0.2, 0.25) is 0 Å². The Morgan fingerprint density at radius 3 is 2.53 bits per heavy atom. The maximum absolute atomic E-state index is 12.7. The number of rotatable bonds is 4. The summed E-state index contributed by atoms with van der Waals surface area (Å²) in [6.45, 7) is 0.844. The zero-order chi connectivity index (χ0) is 11.5. The maximum atomic E-state index is 12.7. The van der Waals surface area contributed by atoms with Crippen molar-refractivity contribution >= 4 is 5.97 Å². The highest BCUT2D eigenvalue weighted by molar-refractivity contribution is 5.70. The first-order valence-electron chi connectivity index (χ1n) is 4.54. The molecule has 1 rings (SSSR count). The molecule has 0 atom stereocenters. The third kappa shape index (κ3) is 4.54. The van der Waals surface area contributed by atoms with Crippen LogP contribution in [0.3, 0.4) is 0 Å². The molecule has 0 unspecified atom stereocenters. The summed E-state index contributed by atoms with van der Waals surface area (Å²) in [5, 5.41) is 8.54. The van der Waals surface area contributed by atoms with Gasteiger partial charge < -0.3 is 5.11 Å². The van der Waals surface area contributed by atoms with Crippen LogP contribution in [0.4, 0.5) is 8.78 Å². The van der Waals surface area contributed by atoms with Gasteiger partial charge in [-0.1, -0.05) is 24.3 Å². The van der Waals surface area contributed by atoms with Gasteiger partial charge >= 0.3 is 5.97 Å². The van der Waals surface area contributed by atoms with Crippen molar-refractivity contribution in [1.29, 1.82) is 0 Å². The lowest BCUT2D eigenvalue weighted by Gasteiger charge is -2.10. The third-order valence-corrected chi connectivity index (χ3v) is 1.86. The molecular formula is C11H12F2O2. The zero-order valence-corrected chi connectivity index (χ0v) is 8.34. The van der Waals surface area contributed by atoms with Gasteiger partial charge in [-0.25, -0.2) is 8.78 Å². The van der Waals surface area contributed by atoms with Gasteiger partial charge in [0.2, 0.25) is 5.92 Å². The van der Waals surface area contributed by atoms with E-state index in [4.69, 9.17) is 5.11 Å². The summed E-state index contributed by atoms with van der Waals surface area (Å²) >= 11 is 0. The van der Waals surface area contributed by atoms with Crippen molar-refractivity contribution < 1.29 is 18.7 Å². The van der Waals surface area contributed by atoms with E-state index in [1.807, 2.05) is 0 Å². The molecule has 0 fully saturated rings. The summed E-state index contributed by atoms with van der Waals surface area (Å²) in [6.07, 6.45) is -0.496. The molecule has 0 amide bonds. The van der Waals surface area contributed by atoms with Crippen molar-refractivity contribution in [2.75, 3.05) is 0 Å². The van der Waals surface area contributed by atoms with Crippen LogP contribution >= 0.6 is 0 Å².